The molecule has 2 aliphatic rings. The molecule has 0 saturated carbocycles. The fourth-order valence-electron chi connectivity index (χ4n) is 4.38. The van der Waals surface area contributed by atoms with Crippen LogP contribution in [0.2, 0.25) is 10.0 Å². The molecule has 5 rings (SSSR count). The number of imide groups is 1. The van der Waals surface area contributed by atoms with Crippen LogP contribution in [0.25, 0.3) is 0 Å². The van der Waals surface area contributed by atoms with Crippen molar-refractivity contribution < 1.29 is 14.4 Å². The summed E-state index contributed by atoms with van der Waals surface area (Å²) in [7, 11) is 0. The van der Waals surface area contributed by atoms with Crippen LogP contribution in [-0.4, -0.2) is 17.9 Å². The zero-order valence-electron chi connectivity index (χ0n) is 17.2. The van der Waals surface area contributed by atoms with Crippen molar-refractivity contribution in [1.29, 1.82) is 0 Å². The number of halogens is 2. The third kappa shape index (κ3) is 3.37. The second-order valence-corrected chi connectivity index (χ2v) is 8.68. The van der Waals surface area contributed by atoms with Crippen LogP contribution < -0.4 is 9.96 Å². The maximum absolute atomic E-state index is 13.6. The zero-order chi connectivity index (χ0) is 22.4. The number of fused-ring (bicyclic) bond motifs is 1. The Labute approximate surface area is 196 Å². The summed E-state index contributed by atoms with van der Waals surface area (Å²) < 4.78 is 0. The lowest BCUT2D eigenvalue weighted by Gasteiger charge is -2.29. The van der Waals surface area contributed by atoms with Gasteiger partial charge in [0, 0.05) is 0 Å². The van der Waals surface area contributed by atoms with E-state index in [1.54, 1.807) is 17.2 Å². The van der Waals surface area contributed by atoms with E-state index in [1.165, 1.54) is 11.6 Å². The highest BCUT2D eigenvalue weighted by Crippen LogP contribution is 2.47. The second kappa shape index (κ2) is 8.24. The summed E-state index contributed by atoms with van der Waals surface area (Å²) in [5.74, 6) is -1.42. The first-order chi connectivity index (χ1) is 15.5. The van der Waals surface area contributed by atoms with Gasteiger partial charge in [0.1, 0.15) is 5.92 Å². The minimum Gasteiger partial charge on any atom is -0.273 e. The van der Waals surface area contributed by atoms with Gasteiger partial charge >= 0.3 is 0 Å². The van der Waals surface area contributed by atoms with Gasteiger partial charge in [0.2, 0.25) is 5.91 Å². The lowest BCUT2D eigenvalue weighted by atomic mass is 9.90. The Balaban J connectivity index is 1.57. The molecule has 7 heteroatoms. The van der Waals surface area contributed by atoms with Crippen molar-refractivity contribution in [2.45, 2.75) is 25.5 Å². The maximum atomic E-state index is 13.6. The third-order valence-electron chi connectivity index (χ3n) is 6.02. The zero-order valence-corrected chi connectivity index (χ0v) is 18.8. The van der Waals surface area contributed by atoms with Crippen LogP contribution in [0.5, 0.6) is 0 Å². The van der Waals surface area contributed by atoms with Crippen LogP contribution in [0.3, 0.4) is 0 Å². The first-order valence-electron chi connectivity index (χ1n) is 10.4. The predicted octanol–water partition coefficient (Wildman–Crippen LogP) is 5.61. The van der Waals surface area contributed by atoms with E-state index >= 15 is 0 Å². The highest BCUT2D eigenvalue weighted by molar-refractivity contribution is 6.42. The molecule has 2 fully saturated rings. The van der Waals surface area contributed by atoms with E-state index in [1.807, 2.05) is 54.6 Å². The monoisotopic (exact) mass is 466 g/mol. The Kier molecular flexibility index (Phi) is 5.41. The molecule has 2 saturated heterocycles. The van der Waals surface area contributed by atoms with Crippen molar-refractivity contribution >= 4 is 46.4 Å². The second-order valence-electron chi connectivity index (χ2n) is 7.86. The molecule has 3 atom stereocenters. The van der Waals surface area contributed by atoms with E-state index < -0.39 is 24.0 Å². The Hall–Kier alpha value is -2.86. The molecule has 32 heavy (non-hydrogen) atoms. The fraction of sp³-hybridized carbons (Fsp3) is 0.200. The van der Waals surface area contributed by atoms with E-state index in [0.29, 0.717) is 10.7 Å². The Bertz CT molecular complexity index is 1180. The number of nitrogens with zero attached hydrogens (tertiary/aromatic N) is 2. The fourth-order valence-corrected chi connectivity index (χ4v) is 4.67. The van der Waals surface area contributed by atoms with E-state index in [-0.39, 0.29) is 10.9 Å². The van der Waals surface area contributed by atoms with Crippen molar-refractivity contribution in [3.05, 3.63) is 94.0 Å². The molecular formula is C25H20Cl2N2O3. The van der Waals surface area contributed by atoms with Crippen molar-refractivity contribution in [2.75, 3.05) is 9.96 Å². The van der Waals surface area contributed by atoms with Gasteiger partial charge in [-0.25, -0.2) is 9.96 Å². The Morgan fingerprint density at radius 1 is 0.844 bits per heavy atom. The SMILES string of the molecule is CCc1ccc([C@H]2[C@@H]3C(=O)N(c4ccc(Cl)c(Cl)c4)C(=O)[C@H]3ON2c2ccccc2)cc1. The van der Waals surface area contributed by atoms with Crippen LogP contribution in [-0.2, 0) is 20.8 Å². The number of carbonyl (C=O) groups excluding carboxylic acids is 2. The van der Waals surface area contributed by atoms with E-state index in [4.69, 9.17) is 28.0 Å². The smallest absolute Gasteiger partial charge is 0.266 e. The van der Waals surface area contributed by atoms with Crippen LogP contribution in [0, 0.1) is 5.92 Å². The lowest BCUT2D eigenvalue weighted by molar-refractivity contribution is -0.126. The Morgan fingerprint density at radius 2 is 1.56 bits per heavy atom. The van der Waals surface area contributed by atoms with Crippen LogP contribution in [0.15, 0.2) is 72.8 Å². The molecule has 0 N–H and O–H groups in total. The molecule has 0 aliphatic carbocycles. The molecule has 5 nitrogen and oxygen atoms in total. The van der Waals surface area contributed by atoms with Crippen LogP contribution in [0.1, 0.15) is 24.1 Å². The van der Waals surface area contributed by atoms with Gasteiger partial charge in [0.15, 0.2) is 6.10 Å². The summed E-state index contributed by atoms with van der Waals surface area (Å²) >= 11 is 12.2. The number of aryl methyl sites for hydroxylation is 1. The molecule has 2 heterocycles. The van der Waals surface area contributed by atoms with Crippen molar-refractivity contribution in [1.82, 2.24) is 0 Å². The molecule has 0 aromatic heterocycles. The summed E-state index contributed by atoms with van der Waals surface area (Å²) in [4.78, 5) is 34.2. The lowest BCUT2D eigenvalue weighted by Crippen LogP contribution is -2.37. The average Bonchev–Trinajstić information content (AvgIpc) is 3.32. The number of anilines is 2. The number of hydroxylamine groups is 1. The molecule has 0 bridgehead atoms. The molecule has 0 radical (unpaired) electrons. The molecule has 3 aromatic rings. The van der Waals surface area contributed by atoms with Crippen molar-refractivity contribution in [2.24, 2.45) is 5.92 Å². The quantitative estimate of drug-likeness (QED) is 0.469. The number of rotatable bonds is 4. The molecular weight excluding hydrogens is 447 g/mol. The summed E-state index contributed by atoms with van der Waals surface area (Å²) in [5, 5.41) is 2.33. The topological polar surface area (TPSA) is 49.9 Å². The number of hydrogen-bond donors (Lipinski definition) is 0. The van der Waals surface area contributed by atoms with Gasteiger partial charge in [-0.15, -0.1) is 0 Å². The summed E-state index contributed by atoms with van der Waals surface area (Å²) in [6.07, 6.45) is -0.00804. The number of hydrogen-bond acceptors (Lipinski definition) is 4. The first kappa shape index (κ1) is 21.0. The molecule has 162 valence electrons. The van der Waals surface area contributed by atoms with Gasteiger partial charge in [-0.2, -0.15) is 0 Å². The van der Waals surface area contributed by atoms with Crippen LogP contribution >= 0.6 is 23.2 Å². The number of para-hydroxylation sites is 1. The van der Waals surface area contributed by atoms with E-state index in [0.717, 1.165) is 22.6 Å². The number of benzene rings is 3. The molecule has 2 amide bonds. The maximum Gasteiger partial charge on any atom is 0.266 e. The minimum atomic E-state index is -0.923. The highest BCUT2D eigenvalue weighted by atomic mass is 35.5. The summed E-state index contributed by atoms with van der Waals surface area (Å²) in [5.41, 5.74) is 3.28. The van der Waals surface area contributed by atoms with Gasteiger partial charge in [-0.05, 0) is 47.9 Å². The number of amides is 2. The highest BCUT2D eigenvalue weighted by Gasteiger charge is 2.60. The third-order valence-corrected chi connectivity index (χ3v) is 6.76. The molecule has 0 unspecified atom stereocenters. The van der Waals surface area contributed by atoms with Gasteiger partial charge in [-0.1, -0.05) is 72.6 Å². The molecule has 3 aromatic carbocycles. The first-order valence-corrected chi connectivity index (χ1v) is 11.2. The van der Waals surface area contributed by atoms with Gasteiger partial charge in [0.25, 0.3) is 5.91 Å². The van der Waals surface area contributed by atoms with Crippen molar-refractivity contribution in [3.63, 3.8) is 0 Å². The minimum absolute atomic E-state index is 0.278. The van der Waals surface area contributed by atoms with Gasteiger partial charge in [0.05, 0.1) is 27.5 Å². The largest absolute Gasteiger partial charge is 0.273 e. The van der Waals surface area contributed by atoms with Crippen LogP contribution in [0.4, 0.5) is 11.4 Å². The van der Waals surface area contributed by atoms with Gasteiger partial charge < -0.3 is 0 Å². The van der Waals surface area contributed by atoms with Gasteiger partial charge in [-0.3, -0.25) is 14.4 Å². The standard InChI is InChI=1S/C25H20Cl2N2O3/c1-2-15-8-10-16(11-9-15)22-21-23(32-29(22)17-6-4-3-5-7-17)25(31)28(24(21)30)18-12-13-19(26)20(27)14-18/h3-14,21-23H,2H2,1H3/t21-,22-,23-/m0/s1. The predicted molar refractivity (Wildman–Crippen MR) is 125 cm³/mol. The molecule has 2 aliphatic heterocycles. The number of carbonyl (C=O) groups is 2. The normalized spacial score (nSPS) is 22.5. The molecule has 0 spiro atoms. The van der Waals surface area contributed by atoms with E-state index in [2.05, 4.69) is 6.92 Å². The summed E-state index contributed by atoms with van der Waals surface area (Å²) in [6, 6.07) is 21.9. The van der Waals surface area contributed by atoms with E-state index in [9.17, 15) is 9.59 Å². The van der Waals surface area contributed by atoms with Crippen molar-refractivity contribution in [3.8, 4) is 0 Å². The Morgan fingerprint density at radius 3 is 2.22 bits per heavy atom. The summed E-state index contributed by atoms with van der Waals surface area (Å²) in [6.45, 7) is 2.09. The average molecular weight is 467 g/mol.